The Morgan fingerprint density at radius 1 is 1.24 bits per heavy atom. The average molecular weight is 484 g/mol. The number of H-pyrrole nitrogens is 1. The third-order valence-corrected chi connectivity index (χ3v) is 6.07. The van der Waals surface area contributed by atoms with Crippen LogP contribution in [0.2, 0.25) is 4.34 Å². The monoisotopic (exact) mass is 483 g/mol. The first-order valence-corrected chi connectivity index (χ1v) is 11.5. The summed E-state index contributed by atoms with van der Waals surface area (Å²) in [5, 5.41) is 14.6. The fourth-order valence-electron chi connectivity index (χ4n) is 3.21. The van der Waals surface area contributed by atoms with Crippen molar-refractivity contribution in [2.45, 2.75) is 13.0 Å². The van der Waals surface area contributed by atoms with Gasteiger partial charge in [-0.3, -0.25) is 9.59 Å². The van der Waals surface area contributed by atoms with E-state index in [0.717, 1.165) is 23.4 Å². The standard InChI is InChI=1S/C22H22ClN7O2S/c23-20-7-6-19(33-20)22(32)27-12-15-13-30(29-28-15)18-5-4-14(11-17(18)25-10-2-8-24)16-3-1-9-26-21(16)31/h1,3-7,9,11,13,25H,2,8,10,12,24H2,(H,26,31)(H,27,32). The maximum atomic E-state index is 12.2. The molecule has 3 heterocycles. The highest BCUT2D eigenvalue weighted by Gasteiger charge is 2.13. The number of amides is 1. The van der Waals surface area contributed by atoms with Gasteiger partial charge in [0.15, 0.2) is 0 Å². The Kier molecular flexibility index (Phi) is 7.18. The molecule has 1 aromatic carbocycles. The van der Waals surface area contributed by atoms with Crippen LogP contribution in [0, 0.1) is 0 Å². The number of aromatic nitrogens is 4. The van der Waals surface area contributed by atoms with Gasteiger partial charge < -0.3 is 21.4 Å². The van der Waals surface area contributed by atoms with Crippen LogP contribution in [0.1, 0.15) is 21.8 Å². The van der Waals surface area contributed by atoms with Gasteiger partial charge in [-0.1, -0.05) is 22.9 Å². The molecule has 170 valence electrons. The van der Waals surface area contributed by atoms with E-state index in [4.69, 9.17) is 17.3 Å². The molecule has 0 aliphatic carbocycles. The quantitative estimate of drug-likeness (QED) is 0.271. The molecule has 0 fully saturated rings. The molecular formula is C22H22ClN7O2S. The summed E-state index contributed by atoms with van der Waals surface area (Å²) in [6, 6.07) is 12.6. The fraction of sp³-hybridized carbons (Fsp3) is 0.182. The highest BCUT2D eigenvalue weighted by molar-refractivity contribution is 7.17. The molecule has 0 saturated heterocycles. The summed E-state index contributed by atoms with van der Waals surface area (Å²) >= 11 is 7.11. The molecule has 0 atom stereocenters. The first kappa shape index (κ1) is 22.7. The number of carbonyl (C=O) groups excluding carboxylic acids is 1. The van der Waals surface area contributed by atoms with E-state index in [1.165, 1.54) is 11.3 Å². The molecule has 3 aromatic heterocycles. The number of halogens is 1. The third kappa shape index (κ3) is 5.48. The molecule has 0 aliphatic rings. The number of hydrogen-bond donors (Lipinski definition) is 4. The van der Waals surface area contributed by atoms with Crippen molar-refractivity contribution < 1.29 is 4.79 Å². The van der Waals surface area contributed by atoms with Crippen LogP contribution in [0.5, 0.6) is 0 Å². The lowest BCUT2D eigenvalue weighted by atomic mass is 10.1. The fourth-order valence-corrected chi connectivity index (χ4v) is 4.17. The van der Waals surface area contributed by atoms with Crippen LogP contribution in [-0.2, 0) is 6.54 Å². The summed E-state index contributed by atoms with van der Waals surface area (Å²) < 4.78 is 2.19. The van der Waals surface area contributed by atoms with Gasteiger partial charge in [-0.15, -0.1) is 16.4 Å². The van der Waals surface area contributed by atoms with Gasteiger partial charge in [-0.05, 0) is 54.9 Å². The molecule has 0 radical (unpaired) electrons. The minimum atomic E-state index is -0.219. The van der Waals surface area contributed by atoms with Gasteiger partial charge >= 0.3 is 0 Å². The second kappa shape index (κ2) is 10.4. The lowest BCUT2D eigenvalue weighted by molar-refractivity contribution is 0.0954. The van der Waals surface area contributed by atoms with Crippen molar-refractivity contribution in [1.29, 1.82) is 0 Å². The van der Waals surface area contributed by atoms with Crippen molar-refractivity contribution >= 4 is 34.5 Å². The predicted molar refractivity (Wildman–Crippen MR) is 130 cm³/mol. The molecule has 0 saturated carbocycles. The summed E-state index contributed by atoms with van der Waals surface area (Å²) in [4.78, 5) is 27.7. The van der Waals surface area contributed by atoms with E-state index in [0.29, 0.717) is 33.6 Å². The molecule has 11 heteroatoms. The third-order valence-electron chi connectivity index (χ3n) is 4.84. The number of benzene rings is 1. The zero-order valence-corrected chi connectivity index (χ0v) is 19.1. The number of rotatable bonds is 9. The van der Waals surface area contributed by atoms with Crippen LogP contribution < -0.4 is 21.9 Å². The van der Waals surface area contributed by atoms with Gasteiger partial charge in [-0.25, -0.2) is 4.68 Å². The number of thiophene rings is 1. The number of nitrogens with one attached hydrogen (secondary N) is 3. The molecule has 9 nitrogen and oxygen atoms in total. The van der Waals surface area contributed by atoms with E-state index in [2.05, 4.69) is 25.9 Å². The van der Waals surface area contributed by atoms with Crippen LogP contribution in [0.3, 0.4) is 0 Å². The normalized spacial score (nSPS) is 10.8. The SMILES string of the molecule is NCCCNc1cc(-c2ccc[nH]c2=O)ccc1-n1cc(CNC(=O)c2ccc(Cl)s2)nn1. The number of pyridine rings is 1. The molecule has 1 amide bonds. The molecular weight excluding hydrogens is 462 g/mol. The first-order chi connectivity index (χ1) is 16.0. The smallest absolute Gasteiger partial charge is 0.261 e. The summed E-state index contributed by atoms with van der Waals surface area (Å²) in [5.41, 5.74) is 8.97. The second-order valence-electron chi connectivity index (χ2n) is 7.15. The van der Waals surface area contributed by atoms with Crippen LogP contribution in [0.25, 0.3) is 16.8 Å². The van der Waals surface area contributed by atoms with Crippen LogP contribution in [0.15, 0.2) is 59.7 Å². The number of carbonyl (C=O) groups is 1. The number of aromatic amines is 1. The van der Waals surface area contributed by atoms with E-state index in [1.54, 1.807) is 41.3 Å². The molecule has 4 aromatic rings. The number of hydrogen-bond acceptors (Lipinski definition) is 7. The zero-order valence-electron chi connectivity index (χ0n) is 17.5. The van der Waals surface area contributed by atoms with Crippen molar-refractivity contribution in [3.8, 4) is 16.8 Å². The molecule has 33 heavy (non-hydrogen) atoms. The Bertz CT molecular complexity index is 1310. The lowest BCUT2D eigenvalue weighted by Crippen LogP contribution is -2.21. The van der Waals surface area contributed by atoms with E-state index in [-0.39, 0.29) is 18.0 Å². The molecule has 0 aliphatic heterocycles. The predicted octanol–water partition coefficient (Wildman–Crippen LogP) is 3.03. The number of anilines is 1. The summed E-state index contributed by atoms with van der Waals surface area (Å²) in [6.07, 6.45) is 4.14. The molecule has 0 unspecified atom stereocenters. The maximum Gasteiger partial charge on any atom is 0.261 e. The minimum Gasteiger partial charge on any atom is -0.383 e. The van der Waals surface area contributed by atoms with Gasteiger partial charge in [0.1, 0.15) is 5.69 Å². The average Bonchev–Trinajstić information content (AvgIpc) is 3.47. The Morgan fingerprint density at radius 2 is 2.12 bits per heavy atom. The van der Waals surface area contributed by atoms with E-state index in [9.17, 15) is 9.59 Å². The number of nitrogens with zero attached hydrogens (tertiary/aromatic N) is 3. The lowest BCUT2D eigenvalue weighted by Gasteiger charge is -2.13. The molecule has 5 N–H and O–H groups in total. The highest BCUT2D eigenvalue weighted by Crippen LogP contribution is 2.26. The Labute approximate surface area is 198 Å². The van der Waals surface area contributed by atoms with E-state index < -0.39 is 0 Å². The van der Waals surface area contributed by atoms with Crippen LogP contribution >= 0.6 is 22.9 Å². The van der Waals surface area contributed by atoms with Gasteiger partial charge in [0, 0.05) is 18.3 Å². The van der Waals surface area contributed by atoms with Crippen molar-refractivity contribution in [2.24, 2.45) is 5.73 Å². The highest BCUT2D eigenvalue weighted by atomic mass is 35.5. The summed E-state index contributed by atoms with van der Waals surface area (Å²) in [6.45, 7) is 1.45. The first-order valence-electron chi connectivity index (χ1n) is 10.3. The van der Waals surface area contributed by atoms with Crippen molar-refractivity contribution in [1.82, 2.24) is 25.3 Å². The van der Waals surface area contributed by atoms with Crippen LogP contribution in [0.4, 0.5) is 5.69 Å². The zero-order chi connectivity index (χ0) is 23.2. The number of nitrogens with two attached hydrogens (primary N) is 1. The Balaban J connectivity index is 1.56. The van der Waals surface area contributed by atoms with Gasteiger partial charge in [0.2, 0.25) is 0 Å². The largest absolute Gasteiger partial charge is 0.383 e. The van der Waals surface area contributed by atoms with Gasteiger partial charge in [0.25, 0.3) is 11.5 Å². The van der Waals surface area contributed by atoms with Crippen molar-refractivity contribution in [3.63, 3.8) is 0 Å². The van der Waals surface area contributed by atoms with Crippen LogP contribution in [-0.4, -0.2) is 39.0 Å². The topological polar surface area (TPSA) is 131 Å². The van der Waals surface area contributed by atoms with Crippen molar-refractivity contribution in [2.75, 3.05) is 18.4 Å². The van der Waals surface area contributed by atoms with E-state index in [1.807, 2.05) is 18.2 Å². The Hall–Kier alpha value is -3.47. The van der Waals surface area contributed by atoms with Gasteiger partial charge in [0.05, 0.1) is 33.3 Å². The Morgan fingerprint density at radius 3 is 2.88 bits per heavy atom. The molecule has 0 bridgehead atoms. The van der Waals surface area contributed by atoms with Gasteiger partial charge in [-0.2, -0.15) is 0 Å². The molecule has 4 rings (SSSR count). The minimum absolute atomic E-state index is 0.163. The van der Waals surface area contributed by atoms with E-state index >= 15 is 0 Å². The summed E-state index contributed by atoms with van der Waals surface area (Å²) in [7, 11) is 0. The maximum absolute atomic E-state index is 12.2. The van der Waals surface area contributed by atoms with Crippen molar-refractivity contribution in [3.05, 3.63) is 80.1 Å². The summed E-state index contributed by atoms with van der Waals surface area (Å²) in [5.74, 6) is -0.219. The second-order valence-corrected chi connectivity index (χ2v) is 8.87. The molecule has 0 spiro atoms.